The van der Waals surface area contributed by atoms with Gasteiger partial charge in [0.15, 0.2) is 0 Å². The number of aliphatic carboxylic acids is 1. The number of carboxylic acids is 1. The third kappa shape index (κ3) is 3.88. The van der Waals surface area contributed by atoms with Gasteiger partial charge in [0.25, 0.3) is 5.91 Å². The van der Waals surface area contributed by atoms with E-state index in [1.807, 2.05) is 25.9 Å². The number of nitrogen functional groups attached to an aromatic ring is 1. The Morgan fingerprint density at radius 3 is 2.50 bits per heavy atom. The molecule has 0 radical (unpaired) electrons. The number of nitrogens with zero attached hydrogens (tertiary/aromatic N) is 1. The molecule has 1 aromatic rings. The molecule has 0 aliphatic heterocycles. The number of anilines is 2. The summed E-state index contributed by atoms with van der Waals surface area (Å²) in [7, 11) is 3.71. The number of amides is 1. The van der Waals surface area contributed by atoms with Crippen LogP contribution in [0.2, 0.25) is 0 Å². The Morgan fingerprint density at radius 2 is 2.05 bits per heavy atom. The molecule has 1 unspecified atom stereocenters. The number of carboxylic acid groups (broad SMARTS) is 1. The van der Waals surface area contributed by atoms with Gasteiger partial charge in [-0.25, -0.2) is 4.79 Å². The second-order valence-electron chi connectivity index (χ2n) is 4.82. The van der Waals surface area contributed by atoms with Crippen LogP contribution in [0.5, 0.6) is 0 Å². The Balaban J connectivity index is 2.87. The first-order valence-electron chi connectivity index (χ1n) is 6.47. The fraction of sp³-hybridized carbons (Fsp3) is 0.429. The van der Waals surface area contributed by atoms with E-state index in [9.17, 15) is 9.59 Å². The maximum absolute atomic E-state index is 12.0. The Hall–Kier alpha value is -2.24. The lowest BCUT2D eigenvalue weighted by atomic mass is 10.1. The van der Waals surface area contributed by atoms with E-state index < -0.39 is 17.9 Å². The van der Waals surface area contributed by atoms with Crippen LogP contribution in [0.4, 0.5) is 11.4 Å². The summed E-state index contributed by atoms with van der Waals surface area (Å²) in [5, 5.41) is 11.5. The Bertz CT molecular complexity index is 500. The van der Waals surface area contributed by atoms with E-state index in [1.54, 1.807) is 18.2 Å². The van der Waals surface area contributed by atoms with Gasteiger partial charge >= 0.3 is 5.97 Å². The van der Waals surface area contributed by atoms with E-state index in [-0.39, 0.29) is 0 Å². The van der Waals surface area contributed by atoms with Crippen molar-refractivity contribution in [3.8, 4) is 0 Å². The van der Waals surface area contributed by atoms with E-state index in [0.29, 0.717) is 24.1 Å². The van der Waals surface area contributed by atoms with Crippen molar-refractivity contribution >= 4 is 23.3 Å². The second kappa shape index (κ2) is 6.79. The molecule has 0 saturated carbocycles. The maximum atomic E-state index is 12.0. The fourth-order valence-electron chi connectivity index (χ4n) is 1.89. The van der Waals surface area contributed by atoms with Gasteiger partial charge in [-0.3, -0.25) is 4.79 Å². The normalized spacial score (nSPS) is 11.8. The topological polar surface area (TPSA) is 95.7 Å². The number of carbonyl (C=O) groups excluding carboxylic acids is 1. The van der Waals surface area contributed by atoms with Gasteiger partial charge in [0.2, 0.25) is 0 Å². The maximum Gasteiger partial charge on any atom is 0.326 e. The van der Waals surface area contributed by atoms with Gasteiger partial charge in [0, 0.05) is 19.7 Å². The lowest BCUT2D eigenvalue weighted by Gasteiger charge is -2.17. The number of hydrogen-bond donors (Lipinski definition) is 3. The van der Waals surface area contributed by atoms with Gasteiger partial charge in [-0.15, -0.1) is 0 Å². The second-order valence-corrected chi connectivity index (χ2v) is 4.82. The number of hydrogen-bond acceptors (Lipinski definition) is 4. The molecule has 110 valence electrons. The van der Waals surface area contributed by atoms with Crippen LogP contribution in [-0.4, -0.2) is 37.1 Å². The largest absolute Gasteiger partial charge is 0.480 e. The van der Waals surface area contributed by atoms with Crippen LogP contribution >= 0.6 is 0 Å². The van der Waals surface area contributed by atoms with Crippen molar-refractivity contribution in [3.63, 3.8) is 0 Å². The Kier molecular flexibility index (Phi) is 5.37. The number of rotatable bonds is 6. The summed E-state index contributed by atoms with van der Waals surface area (Å²) in [4.78, 5) is 24.9. The fourth-order valence-corrected chi connectivity index (χ4v) is 1.89. The van der Waals surface area contributed by atoms with Crippen molar-refractivity contribution in [2.75, 3.05) is 24.7 Å². The van der Waals surface area contributed by atoms with Crippen LogP contribution in [0.15, 0.2) is 18.2 Å². The van der Waals surface area contributed by atoms with E-state index in [0.717, 1.165) is 5.69 Å². The molecule has 0 saturated heterocycles. The first-order valence-corrected chi connectivity index (χ1v) is 6.47. The molecule has 0 bridgehead atoms. The summed E-state index contributed by atoms with van der Waals surface area (Å²) < 4.78 is 0. The summed E-state index contributed by atoms with van der Waals surface area (Å²) >= 11 is 0. The molecule has 0 fully saturated rings. The highest BCUT2D eigenvalue weighted by Crippen LogP contribution is 2.22. The molecule has 1 rings (SSSR count). The molecule has 6 heteroatoms. The number of nitrogens with two attached hydrogens (primary N) is 1. The van der Waals surface area contributed by atoms with Gasteiger partial charge in [-0.05, 0) is 24.6 Å². The summed E-state index contributed by atoms with van der Waals surface area (Å²) in [6, 6.07) is 4.04. The molecule has 0 heterocycles. The van der Waals surface area contributed by atoms with Crippen molar-refractivity contribution in [1.29, 1.82) is 0 Å². The average molecular weight is 279 g/mol. The van der Waals surface area contributed by atoms with Crippen molar-refractivity contribution < 1.29 is 14.7 Å². The summed E-state index contributed by atoms with van der Waals surface area (Å²) in [6.07, 6.45) is 1.07. The lowest BCUT2D eigenvalue weighted by molar-refractivity contribution is -0.139. The molecule has 1 aromatic carbocycles. The highest BCUT2D eigenvalue weighted by atomic mass is 16.4. The van der Waals surface area contributed by atoms with Crippen molar-refractivity contribution in [2.45, 2.75) is 25.8 Å². The van der Waals surface area contributed by atoms with Crippen LogP contribution in [0.3, 0.4) is 0 Å². The monoisotopic (exact) mass is 279 g/mol. The molecule has 0 spiro atoms. The van der Waals surface area contributed by atoms with Gasteiger partial charge in [-0.1, -0.05) is 13.3 Å². The average Bonchev–Trinajstić information content (AvgIpc) is 2.37. The van der Waals surface area contributed by atoms with Crippen molar-refractivity contribution in [3.05, 3.63) is 23.8 Å². The molecular weight excluding hydrogens is 258 g/mol. The molecule has 0 aliphatic rings. The number of benzene rings is 1. The zero-order chi connectivity index (χ0) is 15.3. The molecule has 0 aromatic heterocycles. The predicted octanol–water partition coefficient (Wildman–Crippen LogP) is 1.32. The molecule has 1 atom stereocenters. The molecule has 1 amide bonds. The SMILES string of the molecule is CCCC(NC(=O)c1ccc(N(C)C)c(N)c1)C(=O)O. The zero-order valence-corrected chi connectivity index (χ0v) is 12.0. The van der Waals surface area contributed by atoms with Crippen LogP contribution in [0, 0.1) is 0 Å². The minimum Gasteiger partial charge on any atom is -0.480 e. The Morgan fingerprint density at radius 1 is 1.40 bits per heavy atom. The van der Waals surface area contributed by atoms with Gasteiger partial charge < -0.3 is 21.1 Å². The molecule has 4 N–H and O–H groups in total. The third-order valence-corrected chi connectivity index (χ3v) is 2.95. The quantitative estimate of drug-likeness (QED) is 0.682. The summed E-state index contributed by atoms with van der Waals surface area (Å²) in [5.41, 5.74) is 7.52. The van der Waals surface area contributed by atoms with Gasteiger partial charge in [0.1, 0.15) is 6.04 Å². The summed E-state index contributed by atoms with van der Waals surface area (Å²) in [6.45, 7) is 1.87. The predicted molar refractivity (Wildman–Crippen MR) is 79.0 cm³/mol. The van der Waals surface area contributed by atoms with Gasteiger partial charge in [-0.2, -0.15) is 0 Å². The van der Waals surface area contributed by atoms with E-state index >= 15 is 0 Å². The van der Waals surface area contributed by atoms with Crippen LogP contribution in [0.25, 0.3) is 0 Å². The van der Waals surface area contributed by atoms with Crippen LogP contribution < -0.4 is 16.0 Å². The highest BCUT2D eigenvalue weighted by molar-refractivity contribution is 5.98. The van der Waals surface area contributed by atoms with Crippen LogP contribution in [0.1, 0.15) is 30.1 Å². The van der Waals surface area contributed by atoms with E-state index in [2.05, 4.69) is 5.32 Å². The number of carbonyl (C=O) groups is 2. The standard InChI is InChI=1S/C14H21N3O3/c1-4-5-11(14(19)20)16-13(18)9-6-7-12(17(2)3)10(15)8-9/h6-8,11H,4-5,15H2,1-3H3,(H,16,18)(H,19,20). The molecule has 0 aliphatic carbocycles. The smallest absolute Gasteiger partial charge is 0.326 e. The van der Waals surface area contributed by atoms with E-state index in [1.165, 1.54) is 0 Å². The summed E-state index contributed by atoms with van der Waals surface area (Å²) in [5.74, 6) is -1.46. The van der Waals surface area contributed by atoms with Gasteiger partial charge in [0.05, 0.1) is 11.4 Å². The van der Waals surface area contributed by atoms with Crippen LogP contribution in [-0.2, 0) is 4.79 Å². The minimum absolute atomic E-state index is 0.357. The molecule has 6 nitrogen and oxygen atoms in total. The first-order chi connectivity index (χ1) is 9.36. The third-order valence-electron chi connectivity index (χ3n) is 2.95. The van der Waals surface area contributed by atoms with Crippen molar-refractivity contribution in [2.24, 2.45) is 0 Å². The van der Waals surface area contributed by atoms with Crippen molar-refractivity contribution in [1.82, 2.24) is 5.32 Å². The Labute approximate surface area is 118 Å². The lowest BCUT2D eigenvalue weighted by Crippen LogP contribution is -2.40. The highest BCUT2D eigenvalue weighted by Gasteiger charge is 2.20. The molecular formula is C14H21N3O3. The minimum atomic E-state index is -1.03. The van der Waals surface area contributed by atoms with E-state index in [4.69, 9.17) is 10.8 Å². The first kappa shape index (κ1) is 15.8. The zero-order valence-electron chi connectivity index (χ0n) is 12.0. The number of nitrogens with one attached hydrogen (secondary N) is 1. The molecule has 20 heavy (non-hydrogen) atoms.